The van der Waals surface area contributed by atoms with Crippen molar-refractivity contribution in [3.05, 3.63) is 53.2 Å². The van der Waals surface area contributed by atoms with Crippen LogP contribution in [0.5, 0.6) is 11.6 Å². The minimum atomic E-state index is 0.125. The van der Waals surface area contributed by atoms with Crippen LogP contribution in [0.2, 0.25) is 0 Å². The molecule has 162 valence electrons. The number of guanidine groups is 1. The number of pyridine rings is 1. The fourth-order valence-electron chi connectivity index (χ4n) is 3.10. The molecule has 1 atom stereocenters. The molecule has 7 heteroatoms. The number of ether oxygens (including phenoxy) is 3. The van der Waals surface area contributed by atoms with Crippen LogP contribution in [0.15, 0.2) is 41.5 Å². The summed E-state index contributed by atoms with van der Waals surface area (Å²) in [5, 5.41) is 6.68. The predicted octanol–water partition coefficient (Wildman–Crippen LogP) is 3.21. The highest BCUT2D eigenvalue weighted by Gasteiger charge is 2.18. The quantitative estimate of drug-likeness (QED) is 0.487. The van der Waals surface area contributed by atoms with Crippen LogP contribution < -0.4 is 20.1 Å². The molecule has 30 heavy (non-hydrogen) atoms. The molecule has 1 unspecified atom stereocenters. The molecule has 1 fully saturated rings. The van der Waals surface area contributed by atoms with E-state index in [2.05, 4.69) is 52.7 Å². The van der Waals surface area contributed by atoms with Crippen LogP contribution in [-0.4, -0.2) is 43.9 Å². The molecule has 1 aromatic heterocycles. The SMILES string of the molecule is CCCOc1ccc(CNC(=NC)NCc2ccc(C)cc2OC2CCOC2)cn1. The third kappa shape index (κ3) is 6.62. The van der Waals surface area contributed by atoms with Crippen LogP contribution in [0, 0.1) is 6.92 Å². The highest BCUT2D eigenvalue weighted by Crippen LogP contribution is 2.23. The summed E-state index contributed by atoms with van der Waals surface area (Å²) >= 11 is 0. The van der Waals surface area contributed by atoms with Crippen molar-refractivity contribution in [2.75, 3.05) is 26.9 Å². The lowest BCUT2D eigenvalue weighted by atomic mass is 10.1. The standard InChI is InChI=1S/C23H32N4O3/c1-4-10-29-22-8-6-18(13-25-22)14-26-23(24-3)27-15-19-7-5-17(2)12-21(19)30-20-9-11-28-16-20/h5-8,12-13,20H,4,9-11,14-16H2,1-3H3,(H2,24,26,27). The molecule has 7 nitrogen and oxygen atoms in total. The van der Waals surface area contributed by atoms with Crippen molar-refractivity contribution >= 4 is 5.96 Å². The van der Waals surface area contributed by atoms with Crippen molar-refractivity contribution in [2.24, 2.45) is 4.99 Å². The molecule has 2 N–H and O–H groups in total. The third-order valence-electron chi connectivity index (χ3n) is 4.79. The van der Waals surface area contributed by atoms with E-state index in [0.29, 0.717) is 32.2 Å². The minimum Gasteiger partial charge on any atom is -0.488 e. The Morgan fingerprint density at radius 2 is 2.10 bits per heavy atom. The number of benzene rings is 1. The van der Waals surface area contributed by atoms with Crippen molar-refractivity contribution < 1.29 is 14.2 Å². The maximum absolute atomic E-state index is 6.18. The van der Waals surface area contributed by atoms with E-state index >= 15 is 0 Å². The third-order valence-corrected chi connectivity index (χ3v) is 4.79. The molecule has 0 bridgehead atoms. The van der Waals surface area contributed by atoms with Gasteiger partial charge in [-0.15, -0.1) is 0 Å². The van der Waals surface area contributed by atoms with Crippen LogP contribution in [-0.2, 0) is 17.8 Å². The van der Waals surface area contributed by atoms with E-state index in [-0.39, 0.29) is 6.10 Å². The van der Waals surface area contributed by atoms with Gasteiger partial charge in [-0.2, -0.15) is 0 Å². The molecule has 0 spiro atoms. The van der Waals surface area contributed by atoms with E-state index in [4.69, 9.17) is 14.2 Å². The second-order valence-corrected chi connectivity index (χ2v) is 7.35. The molecule has 2 aromatic rings. The summed E-state index contributed by atoms with van der Waals surface area (Å²) in [6.07, 6.45) is 3.84. The first-order valence-electron chi connectivity index (χ1n) is 10.5. The fraction of sp³-hybridized carbons (Fsp3) is 0.478. The van der Waals surface area contributed by atoms with Gasteiger partial charge >= 0.3 is 0 Å². The van der Waals surface area contributed by atoms with Gasteiger partial charge in [0.15, 0.2) is 5.96 Å². The smallest absolute Gasteiger partial charge is 0.213 e. The lowest BCUT2D eigenvalue weighted by Gasteiger charge is -2.18. The molecule has 0 aliphatic carbocycles. The van der Waals surface area contributed by atoms with Crippen LogP contribution in [0.1, 0.15) is 36.5 Å². The van der Waals surface area contributed by atoms with Gasteiger partial charge in [0, 0.05) is 44.4 Å². The average molecular weight is 413 g/mol. The van der Waals surface area contributed by atoms with E-state index in [9.17, 15) is 0 Å². The minimum absolute atomic E-state index is 0.125. The Morgan fingerprint density at radius 3 is 2.80 bits per heavy atom. The number of rotatable bonds is 9. The highest BCUT2D eigenvalue weighted by atomic mass is 16.5. The number of nitrogens with one attached hydrogen (secondary N) is 2. The van der Waals surface area contributed by atoms with Crippen molar-refractivity contribution in [2.45, 2.75) is 45.9 Å². The number of aryl methyl sites for hydroxylation is 1. The Labute approximate surface area is 178 Å². The van der Waals surface area contributed by atoms with Crippen LogP contribution in [0.4, 0.5) is 0 Å². The van der Waals surface area contributed by atoms with Crippen LogP contribution in [0.25, 0.3) is 0 Å². The zero-order valence-corrected chi connectivity index (χ0v) is 18.1. The molecule has 1 aliphatic heterocycles. The van der Waals surface area contributed by atoms with Crippen molar-refractivity contribution in [3.8, 4) is 11.6 Å². The van der Waals surface area contributed by atoms with Gasteiger partial charge in [-0.25, -0.2) is 4.98 Å². The molecule has 1 saturated heterocycles. The molecule has 2 heterocycles. The Morgan fingerprint density at radius 1 is 1.23 bits per heavy atom. The summed E-state index contributed by atoms with van der Waals surface area (Å²) in [4.78, 5) is 8.65. The van der Waals surface area contributed by atoms with E-state index < -0.39 is 0 Å². The number of hydrogen-bond donors (Lipinski definition) is 2. The summed E-state index contributed by atoms with van der Waals surface area (Å²) in [5.74, 6) is 2.28. The molecule has 0 saturated carbocycles. The summed E-state index contributed by atoms with van der Waals surface area (Å²) in [7, 11) is 1.76. The van der Waals surface area contributed by atoms with Gasteiger partial charge < -0.3 is 24.8 Å². The van der Waals surface area contributed by atoms with Crippen LogP contribution in [0.3, 0.4) is 0 Å². The predicted molar refractivity (Wildman–Crippen MR) is 118 cm³/mol. The first kappa shape index (κ1) is 21.9. The highest BCUT2D eigenvalue weighted by molar-refractivity contribution is 5.79. The summed E-state index contributed by atoms with van der Waals surface area (Å²) in [6.45, 7) is 7.48. The van der Waals surface area contributed by atoms with Gasteiger partial charge in [-0.05, 0) is 30.5 Å². The van der Waals surface area contributed by atoms with Crippen molar-refractivity contribution in [1.29, 1.82) is 0 Å². The van der Waals surface area contributed by atoms with Crippen molar-refractivity contribution in [1.82, 2.24) is 15.6 Å². The summed E-state index contributed by atoms with van der Waals surface area (Å²) in [6, 6.07) is 10.2. The molecule has 3 rings (SSSR count). The molecular formula is C23H32N4O3. The van der Waals surface area contributed by atoms with E-state index in [1.54, 1.807) is 7.05 Å². The Balaban J connectivity index is 1.52. The zero-order valence-electron chi connectivity index (χ0n) is 18.1. The second kappa shape index (κ2) is 11.4. The Bertz CT molecular complexity index is 818. The topological polar surface area (TPSA) is 77.0 Å². The van der Waals surface area contributed by atoms with Gasteiger partial charge in [-0.3, -0.25) is 4.99 Å². The largest absolute Gasteiger partial charge is 0.488 e. The normalized spacial score (nSPS) is 16.4. The summed E-state index contributed by atoms with van der Waals surface area (Å²) in [5.41, 5.74) is 3.32. The number of aliphatic imine (C=N–C) groups is 1. The van der Waals surface area contributed by atoms with Gasteiger partial charge in [-0.1, -0.05) is 25.1 Å². The lowest BCUT2D eigenvalue weighted by Crippen LogP contribution is -2.36. The number of aromatic nitrogens is 1. The fourth-order valence-corrected chi connectivity index (χ4v) is 3.10. The van der Waals surface area contributed by atoms with Crippen molar-refractivity contribution in [3.63, 3.8) is 0 Å². The van der Waals surface area contributed by atoms with Gasteiger partial charge in [0.1, 0.15) is 11.9 Å². The first-order valence-corrected chi connectivity index (χ1v) is 10.5. The van der Waals surface area contributed by atoms with Crippen LogP contribution >= 0.6 is 0 Å². The molecule has 0 amide bonds. The molecule has 0 radical (unpaired) electrons. The monoisotopic (exact) mass is 412 g/mol. The maximum atomic E-state index is 6.18. The summed E-state index contributed by atoms with van der Waals surface area (Å²) < 4.78 is 17.1. The van der Waals surface area contributed by atoms with Gasteiger partial charge in [0.2, 0.25) is 5.88 Å². The first-order chi connectivity index (χ1) is 14.7. The molecule has 1 aliphatic rings. The zero-order chi connectivity index (χ0) is 21.2. The van der Waals surface area contributed by atoms with Gasteiger partial charge in [0.05, 0.1) is 19.8 Å². The molecule has 1 aromatic carbocycles. The number of hydrogen-bond acceptors (Lipinski definition) is 5. The lowest BCUT2D eigenvalue weighted by molar-refractivity contribution is 0.140. The average Bonchev–Trinajstić information content (AvgIpc) is 3.27. The number of nitrogens with zero attached hydrogens (tertiary/aromatic N) is 2. The molecular weight excluding hydrogens is 380 g/mol. The van der Waals surface area contributed by atoms with E-state index in [1.807, 2.05) is 18.3 Å². The Hall–Kier alpha value is -2.80. The van der Waals surface area contributed by atoms with E-state index in [1.165, 1.54) is 5.56 Å². The second-order valence-electron chi connectivity index (χ2n) is 7.35. The van der Waals surface area contributed by atoms with E-state index in [0.717, 1.165) is 42.3 Å². The maximum Gasteiger partial charge on any atom is 0.213 e. The van der Waals surface area contributed by atoms with Gasteiger partial charge in [0.25, 0.3) is 0 Å². The Kier molecular flexibility index (Phi) is 8.32.